The quantitative estimate of drug-likeness (QED) is 0.302. The monoisotopic (exact) mass is 512 g/mol. The molecule has 0 aliphatic rings. The van der Waals surface area contributed by atoms with E-state index in [1.54, 1.807) is 0 Å². The van der Waals surface area contributed by atoms with E-state index in [-0.39, 0.29) is 6.61 Å². The van der Waals surface area contributed by atoms with Gasteiger partial charge in [-0.25, -0.2) is 0 Å². The van der Waals surface area contributed by atoms with Gasteiger partial charge in [0.15, 0.2) is 0 Å². The van der Waals surface area contributed by atoms with Crippen LogP contribution in [0, 0.1) is 0 Å². The van der Waals surface area contributed by atoms with Crippen LogP contribution in [0.5, 0.6) is 0 Å². The molecule has 28 heavy (non-hydrogen) atoms. The summed E-state index contributed by atoms with van der Waals surface area (Å²) in [4.78, 5) is 5.39. The van der Waals surface area contributed by atoms with E-state index >= 15 is 0 Å². The molecule has 0 aliphatic carbocycles. The van der Waals surface area contributed by atoms with Gasteiger partial charge in [0.2, 0.25) is 0 Å². The van der Waals surface area contributed by atoms with Crippen molar-refractivity contribution in [3.05, 3.63) is 23.4 Å². The van der Waals surface area contributed by atoms with E-state index in [2.05, 4.69) is 60.2 Å². The van der Waals surface area contributed by atoms with E-state index in [4.69, 9.17) is 4.98 Å². The summed E-state index contributed by atoms with van der Waals surface area (Å²) in [7, 11) is -0.551. The molecule has 1 aromatic rings. The molecule has 0 radical (unpaired) electrons. The van der Waals surface area contributed by atoms with Gasteiger partial charge < -0.3 is 0 Å². The Morgan fingerprint density at radius 2 is 1.43 bits per heavy atom. The standard InChI is InChI=1S/C12H19NOSi.3C4H9.Sn/c1-12(2,3)15(4)9-11-10(8-14)6-5-7-13-11;3*1-3-4-2;/h5-6,14H,8-9H2,1-4H3;3*1,3-4H2,2H3;/q+1;;;;. The maximum atomic E-state index is 9.94. The second-order valence-electron chi connectivity index (χ2n) is 9.76. The minimum atomic E-state index is -2.50. The van der Waals surface area contributed by atoms with Crippen LogP contribution in [0.2, 0.25) is 24.9 Å². The van der Waals surface area contributed by atoms with Crippen LogP contribution in [0.3, 0.4) is 0 Å². The molecule has 0 spiro atoms. The third kappa shape index (κ3) is 7.75. The van der Waals surface area contributed by atoms with Crippen LogP contribution in [0.25, 0.3) is 0 Å². The molecule has 0 aliphatic heterocycles. The van der Waals surface area contributed by atoms with E-state index in [9.17, 15) is 5.11 Å². The van der Waals surface area contributed by atoms with Crippen molar-refractivity contribution in [1.29, 1.82) is 0 Å². The number of rotatable bonds is 13. The Bertz CT molecular complexity index is 548. The first-order valence-corrected chi connectivity index (χ1v) is 21.4. The van der Waals surface area contributed by atoms with Crippen LogP contribution in [-0.4, -0.2) is 37.3 Å². The molecular formula is C24H46NOSiSn+. The van der Waals surface area contributed by atoms with Gasteiger partial charge >= 0.3 is 182 Å². The van der Waals surface area contributed by atoms with Crippen molar-refractivity contribution in [2.75, 3.05) is 0 Å². The van der Waals surface area contributed by atoms with Crippen LogP contribution < -0.4 is 3.71 Å². The summed E-state index contributed by atoms with van der Waals surface area (Å²) in [5.74, 6) is 0. The Labute approximate surface area is 181 Å². The first-order chi connectivity index (χ1) is 13.2. The molecule has 1 rings (SSSR count). The third-order valence-electron chi connectivity index (χ3n) is 6.52. The summed E-state index contributed by atoms with van der Waals surface area (Å²) >= 11 is -2.50. The summed E-state index contributed by atoms with van der Waals surface area (Å²) in [6.45, 7) is 16.6. The van der Waals surface area contributed by atoms with E-state index in [1.165, 1.54) is 61.2 Å². The zero-order chi connectivity index (χ0) is 21.2. The summed E-state index contributed by atoms with van der Waals surface area (Å²) < 4.78 is 5.89. The molecule has 0 unspecified atom stereocenters. The fourth-order valence-corrected chi connectivity index (χ4v) is 20.7. The summed E-state index contributed by atoms with van der Waals surface area (Å²) in [5.41, 5.74) is 2.29. The SMILES string of the molecule is CCC[CH2][Sn]([CH2]CCC)([CH2]CCC)[c]1ccc(CO)c(C[Si+](C)C(C)(C)C)n1. The summed E-state index contributed by atoms with van der Waals surface area (Å²) in [6.07, 6.45) is 7.99. The zero-order valence-electron chi connectivity index (χ0n) is 19.8. The van der Waals surface area contributed by atoms with E-state index < -0.39 is 27.2 Å². The maximum absolute atomic E-state index is 9.94. The van der Waals surface area contributed by atoms with Crippen molar-refractivity contribution < 1.29 is 5.11 Å². The van der Waals surface area contributed by atoms with Crippen molar-refractivity contribution in [2.24, 2.45) is 0 Å². The first-order valence-electron chi connectivity index (χ1n) is 11.7. The molecule has 0 saturated heterocycles. The number of aromatic nitrogens is 1. The first kappa shape index (κ1) is 26.2. The predicted octanol–water partition coefficient (Wildman–Crippen LogP) is 6.64. The van der Waals surface area contributed by atoms with Gasteiger partial charge in [0, 0.05) is 0 Å². The van der Waals surface area contributed by atoms with Crippen molar-refractivity contribution in [1.82, 2.24) is 4.98 Å². The van der Waals surface area contributed by atoms with E-state index in [1.807, 2.05) is 0 Å². The number of unbranched alkanes of at least 4 members (excludes halogenated alkanes) is 3. The molecule has 0 bridgehead atoms. The molecule has 2 nitrogen and oxygen atoms in total. The predicted molar refractivity (Wildman–Crippen MR) is 130 cm³/mol. The molecule has 0 saturated carbocycles. The van der Waals surface area contributed by atoms with Crippen LogP contribution in [0.15, 0.2) is 12.1 Å². The van der Waals surface area contributed by atoms with Crippen LogP contribution in [-0.2, 0) is 12.7 Å². The van der Waals surface area contributed by atoms with Gasteiger partial charge in [0.05, 0.1) is 0 Å². The minimum absolute atomic E-state index is 0.128. The van der Waals surface area contributed by atoms with Gasteiger partial charge in [-0.1, -0.05) is 0 Å². The van der Waals surface area contributed by atoms with Gasteiger partial charge in [0.25, 0.3) is 0 Å². The zero-order valence-corrected chi connectivity index (χ0v) is 23.7. The Balaban J connectivity index is 3.35. The third-order valence-corrected chi connectivity index (χ3v) is 25.1. The molecular weight excluding hydrogens is 465 g/mol. The molecule has 0 fully saturated rings. The van der Waals surface area contributed by atoms with Crippen LogP contribution >= 0.6 is 0 Å². The Morgan fingerprint density at radius 3 is 1.82 bits per heavy atom. The van der Waals surface area contributed by atoms with Gasteiger partial charge in [0.1, 0.15) is 0 Å². The number of hydrogen-bond donors (Lipinski definition) is 1. The van der Waals surface area contributed by atoms with Gasteiger partial charge in [-0.15, -0.1) is 0 Å². The average Bonchev–Trinajstić information content (AvgIpc) is 2.67. The van der Waals surface area contributed by atoms with E-state index in [0.717, 1.165) is 11.6 Å². The molecule has 160 valence electrons. The molecule has 4 heteroatoms. The number of pyridine rings is 1. The Hall–Kier alpha value is 0.126. The summed E-state index contributed by atoms with van der Waals surface area (Å²) in [5, 5.41) is 10.3. The summed E-state index contributed by atoms with van der Waals surface area (Å²) in [6, 6.07) is 5.64. The number of hydrogen-bond acceptors (Lipinski definition) is 2. The van der Waals surface area contributed by atoms with Gasteiger partial charge in [-0.2, -0.15) is 0 Å². The molecule has 0 atom stereocenters. The topological polar surface area (TPSA) is 33.1 Å². The Morgan fingerprint density at radius 1 is 0.929 bits per heavy atom. The Kier molecular flexibility index (Phi) is 11.9. The molecule has 1 heterocycles. The van der Waals surface area contributed by atoms with Crippen LogP contribution in [0.4, 0.5) is 0 Å². The number of nitrogens with zero attached hydrogens (tertiary/aromatic N) is 1. The van der Waals surface area contributed by atoms with Crippen molar-refractivity contribution >= 4 is 30.9 Å². The fourth-order valence-electron chi connectivity index (χ4n) is 3.94. The van der Waals surface area contributed by atoms with Gasteiger partial charge in [-0.3, -0.25) is 0 Å². The molecule has 1 aromatic heterocycles. The second-order valence-corrected chi connectivity index (χ2v) is 26.2. The van der Waals surface area contributed by atoms with Crippen molar-refractivity contribution in [3.8, 4) is 0 Å². The van der Waals surface area contributed by atoms with Crippen LogP contribution in [0.1, 0.15) is 91.3 Å². The normalized spacial score (nSPS) is 12.4. The average molecular weight is 511 g/mol. The van der Waals surface area contributed by atoms with Crippen molar-refractivity contribution in [3.63, 3.8) is 0 Å². The number of aliphatic hydroxyl groups is 1. The van der Waals surface area contributed by atoms with E-state index in [0.29, 0.717) is 5.04 Å². The van der Waals surface area contributed by atoms with Crippen molar-refractivity contribution in [2.45, 2.75) is 118 Å². The van der Waals surface area contributed by atoms with Gasteiger partial charge in [-0.05, 0) is 0 Å². The molecule has 0 aromatic carbocycles. The second kappa shape index (κ2) is 12.7. The fraction of sp³-hybridized carbons (Fsp3) is 0.792. The number of aliphatic hydroxyl groups excluding tert-OH is 1. The molecule has 1 N–H and O–H groups in total. The molecule has 0 amide bonds.